The number of carbonyl (C=O) groups excluding carboxylic acids is 4. The Bertz CT molecular complexity index is 1640. The summed E-state index contributed by atoms with van der Waals surface area (Å²) in [6.07, 6.45) is 1.42. The summed E-state index contributed by atoms with van der Waals surface area (Å²) in [5, 5.41) is 8.39. The number of rotatable bonds is 11. The van der Waals surface area contributed by atoms with E-state index in [0.717, 1.165) is 5.56 Å². The van der Waals surface area contributed by atoms with Gasteiger partial charge in [-0.3, -0.25) is 14.4 Å². The summed E-state index contributed by atoms with van der Waals surface area (Å²) in [5.74, 6) is -3.56. The van der Waals surface area contributed by atoms with Crippen LogP contribution in [-0.2, 0) is 29.1 Å². The van der Waals surface area contributed by atoms with Crippen LogP contribution in [0.15, 0.2) is 72.1 Å². The largest absolute Gasteiger partial charge is 0.444 e. The highest BCUT2D eigenvalue weighted by molar-refractivity contribution is 7.90. The van der Waals surface area contributed by atoms with Gasteiger partial charge in [0.2, 0.25) is 11.8 Å². The number of hydrogen-bond donors (Lipinski definition) is 4. The summed E-state index contributed by atoms with van der Waals surface area (Å²) in [6, 6.07) is 14.7. The highest BCUT2D eigenvalue weighted by Crippen LogP contribution is 2.46. The molecule has 4 rings (SSSR count). The maximum absolute atomic E-state index is 14.2. The van der Waals surface area contributed by atoms with Crippen molar-refractivity contribution in [3.05, 3.63) is 72.8 Å². The number of sulfonamides is 1. The maximum Gasteiger partial charge on any atom is 0.408 e. The summed E-state index contributed by atoms with van der Waals surface area (Å²) < 4.78 is 34.2. The highest BCUT2D eigenvalue weighted by Gasteiger charge is 2.61. The number of para-hydroxylation sites is 1. The molecule has 1 saturated carbocycles. The highest BCUT2D eigenvalue weighted by atomic mass is 32.2. The van der Waals surface area contributed by atoms with E-state index in [1.165, 1.54) is 12.1 Å². The van der Waals surface area contributed by atoms with Gasteiger partial charge in [-0.2, -0.15) is 0 Å². The van der Waals surface area contributed by atoms with Crippen molar-refractivity contribution >= 4 is 39.5 Å². The van der Waals surface area contributed by atoms with Crippen LogP contribution in [0.1, 0.15) is 58.9 Å². The van der Waals surface area contributed by atoms with Crippen LogP contribution in [0.3, 0.4) is 0 Å². The second-order valence-corrected chi connectivity index (χ2v) is 15.4. The first-order valence-electron chi connectivity index (χ1n) is 16.1. The summed E-state index contributed by atoms with van der Waals surface area (Å²) in [6.45, 7) is 13.0. The van der Waals surface area contributed by atoms with Crippen molar-refractivity contribution in [1.29, 1.82) is 0 Å². The zero-order valence-electron chi connectivity index (χ0n) is 28.4. The SMILES string of the molecule is C=C[C@@H]1C[C@]1(NC(=O)[C@@H]1CN(C(=O)[C@@H](NC(=O)OC(C)(C)C)C(C)C)CC[C@H]1c1ccccc1)C(=O)NS(=O)(=O)c1ccccc1NC. The molecule has 0 radical (unpaired) electrons. The van der Waals surface area contributed by atoms with Crippen molar-refractivity contribution in [2.45, 2.75) is 75.5 Å². The Labute approximate surface area is 283 Å². The molecule has 0 bridgehead atoms. The molecule has 1 heterocycles. The molecule has 0 spiro atoms. The average Bonchev–Trinajstić information content (AvgIpc) is 3.76. The number of ether oxygens (including phenoxy) is 1. The number of hydrogen-bond acceptors (Lipinski definition) is 8. The topological polar surface area (TPSA) is 163 Å². The Morgan fingerprint density at radius 2 is 1.69 bits per heavy atom. The second-order valence-electron chi connectivity index (χ2n) is 13.8. The first kappa shape index (κ1) is 36.4. The predicted molar refractivity (Wildman–Crippen MR) is 182 cm³/mol. The first-order valence-corrected chi connectivity index (χ1v) is 17.6. The molecule has 2 aromatic rings. The minimum atomic E-state index is -4.30. The molecule has 5 atom stereocenters. The van der Waals surface area contributed by atoms with Gasteiger partial charge in [-0.15, -0.1) is 6.58 Å². The van der Waals surface area contributed by atoms with E-state index in [1.54, 1.807) is 50.9 Å². The summed E-state index contributed by atoms with van der Waals surface area (Å²) >= 11 is 0. The molecule has 0 aromatic heterocycles. The normalized spacial score (nSPS) is 23.0. The zero-order valence-corrected chi connectivity index (χ0v) is 29.2. The third-order valence-corrected chi connectivity index (χ3v) is 10.2. The van der Waals surface area contributed by atoms with E-state index in [1.807, 2.05) is 44.2 Å². The number of alkyl carbamates (subject to hydrolysis) is 1. The van der Waals surface area contributed by atoms with Gasteiger partial charge in [0.1, 0.15) is 22.1 Å². The van der Waals surface area contributed by atoms with Crippen molar-refractivity contribution in [1.82, 2.24) is 20.3 Å². The average molecular weight is 682 g/mol. The molecule has 1 aliphatic heterocycles. The van der Waals surface area contributed by atoms with Crippen molar-refractivity contribution in [3.63, 3.8) is 0 Å². The Balaban J connectivity index is 1.59. The molecule has 260 valence electrons. The quantitative estimate of drug-likeness (QED) is 0.261. The number of piperidine rings is 1. The van der Waals surface area contributed by atoms with Gasteiger partial charge in [0.25, 0.3) is 15.9 Å². The van der Waals surface area contributed by atoms with Gasteiger partial charge in [-0.1, -0.05) is 62.4 Å². The van der Waals surface area contributed by atoms with E-state index in [4.69, 9.17) is 4.74 Å². The van der Waals surface area contributed by atoms with Crippen LogP contribution in [0.25, 0.3) is 0 Å². The van der Waals surface area contributed by atoms with Crippen molar-refractivity contribution < 1.29 is 32.3 Å². The number of benzene rings is 2. The first-order chi connectivity index (χ1) is 22.5. The van der Waals surface area contributed by atoms with Crippen LogP contribution in [0.4, 0.5) is 10.5 Å². The minimum absolute atomic E-state index is 0.0216. The molecule has 4 amide bonds. The molecular weight excluding hydrogens is 634 g/mol. The standard InChI is InChI=1S/C35H47N5O7S/c1-8-24-20-35(24,32(43)39-48(45,46)28-17-13-12-16-27(28)36-7)38-30(41)26-21-40(19-18-25(26)23-14-10-9-11-15-23)31(42)29(22(2)3)37-33(44)47-34(4,5)6/h8-17,22,24-26,29,36H,1,18-21H2,2-7H3,(H,37,44)(H,38,41)(H,39,43)/t24-,25+,26-,29+,35-/m1/s1. The second kappa shape index (κ2) is 14.4. The van der Waals surface area contributed by atoms with E-state index in [9.17, 15) is 27.6 Å². The van der Waals surface area contributed by atoms with E-state index in [0.29, 0.717) is 18.7 Å². The van der Waals surface area contributed by atoms with Crippen molar-refractivity contribution in [2.75, 3.05) is 25.5 Å². The van der Waals surface area contributed by atoms with Gasteiger partial charge in [0.15, 0.2) is 0 Å². The van der Waals surface area contributed by atoms with Crippen LogP contribution in [0.5, 0.6) is 0 Å². The Morgan fingerprint density at radius 1 is 1.04 bits per heavy atom. The number of likely N-dealkylation sites (tertiary alicyclic amines) is 1. The molecule has 4 N–H and O–H groups in total. The number of carbonyl (C=O) groups is 4. The van der Waals surface area contributed by atoms with Crippen LogP contribution in [-0.4, -0.2) is 74.5 Å². The van der Waals surface area contributed by atoms with Gasteiger partial charge in [-0.05, 0) is 63.1 Å². The zero-order chi connectivity index (χ0) is 35.4. The molecule has 0 unspecified atom stereocenters. The van der Waals surface area contributed by atoms with Crippen molar-refractivity contribution in [2.24, 2.45) is 17.8 Å². The smallest absolute Gasteiger partial charge is 0.408 e. The van der Waals surface area contributed by atoms with Gasteiger partial charge in [-0.25, -0.2) is 17.9 Å². The molecule has 1 saturated heterocycles. The molecule has 2 aromatic carbocycles. The third-order valence-electron chi connectivity index (χ3n) is 8.82. The molecule has 48 heavy (non-hydrogen) atoms. The summed E-state index contributed by atoms with van der Waals surface area (Å²) in [5.41, 5.74) is -1.08. The summed E-state index contributed by atoms with van der Waals surface area (Å²) in [4.78, 5) is 55.9. The van der Waals surface area contributed by atoms with E-state index >= 15 is 0 Å². The van der Waals surface area contributed by atoms with Crippen LogP contribution in [0.2, 0.25) is 0 Å². The van der Waals surface area contributed by atoms with Crippen LogP contribution in [0, 0.1) is 17.8 Å². The molecule has 13 heteroatoms. The minimum Gasteiger partial charge on any atom is -0.444 e. The lowest BCUT2D eigenvalue weighted by molar-refractivity contribution is -0.140. The van der Waals surface area contributed by atoms with Gasteiger partial charge >= 0.3 is 6.09 Å². The molecule has 2 fully saturated rings. The summed E-state index contributed by atoms with van der Waals surface area (Å²) in [7, 11) is -2.72. The predicted octanol–water partition coefficient (Wildman–Crippen LogP) is 3.78. The Kier molecular flexibility index (Phi) is 10.9. The van der Waals surface area contributed by atoms with E-state index in [2.05, 4.69) is 27.3 Å². The Hall–Kier alpha value is -4.39. The lowest BCUT2D eigenvalue weighted by Gasteiger charge is -2.40. The number of anilines is 1. The molecule has 1 aliphatic carbocycles. The Morgan fingerprint density at radius 3 is 2.27 bits per heavy atom. The van der Waals surface area contributed by atoms with Gasteiger partial charge in [0, 0.05) is 26.1 Å². The van der Waals surface area contributed by atoms with Crippen LogP contribution < -0.4 is 20.7 Å². The molecular formula is C35H47N5O7S. The number of nitrogens with zero attached hydrogens (tertiary/aromatic N) is 1. The fraction of sp³-hybridized carbons (Fsp3) is 0.486. The van der Waals surface area contributed by atoms with Crippen molar-refractivity contribution in [3.8, 4) is 0 Å². The van der Waals surface area contributed by atoms with Gasteiger partial charge in [0.05, 0.1) is 11.6 Å². The lowest BCUT2D eigenvalue weighted by atomic mass is 9.79. The fourth-order valence-electron chi connectivity index (χ4n) is 6.18. The third kappa shape index (κ3) is 8.18. The number of nitrogens with one attached hydrogen (secondary N) is 4. The number of amides is 4. The van der Waals surface area contributed by atoms with E-state index in [-0.39, 0.29) is 35.6 Å². The fourth-order valence-corrected chi connectivity index (χ4v) is 7.44. The molecule has 12 nitrogen and oxygen atoms in total. The van der Waals surface area contributed by atoms with Gasteiger partial charge < -0.3 is 25.6 Å². The molecule has 2 aliphatic rings. The maximum atomic E-state index is 14.2. The monoisotopic (exact) mass is 681 g/mol. The van der Waals surface area contributed by atoms with Crippen LogP contribution >= 0.6 is 0 Å². The van der Waals surface area contributed by atoms with E-state index < -0.39 is 56.9 Å². The lowest BCUT2D eigenvalue weighted by Crippen LogP contribution is -2.58.